The molecule has 4 rings (SSSR count). The van der Waals surface area contributed by atoms with Crippen LogP contribution in [0.25, 0.3) is 0 Å². The van der Waals surface area contributed by atoms with Crippen LogP contribution in [0.1, 0.15) is 38.8 Å². The molecule has 0 atom stereocenters. The fourth-order valence-corrected chi connectivity index (χ4v) is 3.98. The Hall–Kier alpha value is -3.60. The standard InChI is InChI=1S/C27H29N3O2/c1-3-21-7-9-22(10-8-21)27(32)30-17-15-29(16-18-30)25-13-11-24(12-14-25)28-26(31)23-6-4-5-20(2)19-23/h4-14,19H,3,15-18H2,1-2H3,(H,28,31). The SMILES string of the molecule is CCc1ccc(C(=O)N2CCN(c3ccc(NC(=O)c4cccc(C)c4)cc3)CC2)cc1. The maximum absolute atomic E-state index is 12.8. The highest BCUT2D eigenvalue weighted by atomic mass is 16.2. The lowest BCUT2D eigenvalue weighted by Crippen LogP contribution is -2.48. The van der Waals surface area contributed by atoms with E-state index < -0.39 is 0 Å². The molecule has 0 aliphatic carbocycles. The van der Waals surface area contributed by atoms with Crippen LogP contribution in [0.15, 0.2) is 72.8 Å². The molecule has 1 aliphatic rings. The minimum absolute atomic E-state index is 0.0986. The summed E-state index contributed by atoms with van der Waals surface area (Å²) in [5.41, 5.74) is 5.57. The van der Waals surface area contributed by atoms with Gasteiger partial charge >= 0.3 is 0 Å². The molecular weight excluding hydrogens is 398 g/mol. The zero-order chi connectivity index (χ0) is 22.5. The van der Waals surface area contributed by atoms with Crippen molar-refractivity contribution in [3.05, 3.63) is 95.1 Å². The third-order valence-corrected chi connectivity index (χ3v) is 5.95. The van der Waals surface area contributed by atoms with Gasteiger partial charge in [0, 0.05) is 48.7 Å². The summed E-state index contributed by atoms with van der Waals surface area (Å²) in [6.07, 6.45) is 0.974. The predicted molar refractivity (Wildman–Crippen MR) is 130 cm³/mol. The molecule has 3 aromatic carbocycles. The number of nitrogens with zero attached hydrogens (tertiary/aromatic N) is 2. The first-order chi connectivity index (χ1) is 15.5. The quantitative estimate of drug-likeness (QED) is 0.638. The highest BCUT2D eigenvalue weighted by Gasteiger charge is 2.22. The topological polar surface area (TPSA) is 52.7 Å². The average molecular weight is 428 g/mol. The first-order valence-corrected chi connectivity index (χ1v) is 11.1. The molecule has 1 saturated heterocycles. The van der Waals surface area contributed by atoms with Crippen LogP contribution in [-0.2, 0) is 6.42 Å². The van der Waals surface area contributed by atoms with Crippen molar-refractivity contribution in [1.29, 1.82) is 0 Å². The maximum Gasteiger partial charge on any atom is 0.255 e. The molecule has 5 nitrogen and oxygen atoms in total. The minimum atomic E-state index is -0.111. The van der Waals surface area contributed by atoms with Gasteiger partial charge in [-0.25, -0.2) is 0 Å². The van der Waals surface area contributed by atoms with Gasteiger partial charge in [0.05, 0.1) is 0 Å². The molecule has 1 aliphatic heterocycles. The van der Waals surface area contributed by atoms with E-state index in [2.05, 4.69) is 17.1 Å². The van der Waals surface area contributed by atoms with E-state index in [4.69, 9.17) is 0 Å². The molecule has 3 aromatic rings. The van der Waals surface area contributed by atoms with E-state index in [9.17, 15) is 9.59 Å². The van der Waals surface area contributed by atoms with E-state index in [1.165, 1.54) is 5.56 Å². The first kappa shape index (κ1) is 21.6. The van der Waals surface area contributed by atoms with Gasteiger partial charge in [0.15, 0.2) is 0 Å². The number of carbonyl (C=O) groups is 2. The van der Waals surface area contributed by atoms with Crippen molar-refractivity contribution < 1.29 is 9.59 Å². The van der Waals surface area contributed by atoms with Crippen LogP contribution in [0.2, 0.25) is 0 Å². The Morgan fingerprint density at radius 3 is 2.16 bits per heavy atom. The van der Waals surface area contributed by atoms with E-state index in [1.54, 1.807) is 0 Å². The molecule has 164 valence electrons. The Morgan fingerprint density at radius 1 is 0.844 bits per heavy atom. The fourth-order valence-electron chi connectivity index (χ4n) is 3.98. The molecule has 0 saturated carbocycles. The van der Waals surface area contributed by atoms with Gasteiger partial charge in [-0.3, -0.25) is 9.59 Å². The Morgan fingerprint density at radius 2 is 1.53 bits per heavy atom. The van der Waals surface area contributed by atoms with E-state index in [0.29, 0.717) is 18.7 Å². The number of carbonyl (C=O) groups excluding carboxylic acids is 2. The summed E-state index contributed by atoms with van der Waals surface area (Å²) in [5, 5.41) is 2.95. The normalized spacial score (nSPS) is 13.7. The second-order valence-electron chi connectivity index (χ2n) is 8.20. The fraction of sp³-hybridized carbons (Fsp3) is 0.259. The largest absolute Gasteiger partial charge is 0.368 e. The molecule has 0 spiro atoms. The van der Waals surface area contributed by atoms with E-state index >= 15 is 0 Å². The Bertz CT molecular complexity index is 1080. The number of benzene rings is 3. The molecule has 2 amide bonds. The lowest BCUT2D eigenvalue weighted by atomic mass is 10.1. The number of hydrogen-bond acceptors (Lipinski definition) is 3. The zero-order valence-corrected chi connectivity index (χ0v) is 18.7. The molecule has 0 aromatic heterocycles. The van der Waals surface area contributed by atoms with Crippen molar-refractivity contribution in [2.24, 2.45) is 0 Å². The number of rotatable bonds is 5. The summed E-state index contributed by atoms with van der Waals surface area (Å²) in [5.74, 6) is -0.0120. The molecule has 0 radical (unpaired) electrons. The lowest BCUT2D eigenvalue weighted by molar-refractivity contribution is 0.0746. The van der Waals surface area contributed by atoms with Crippen molar-refractivity contribution in [2.75, 3.05) is 36.4 Å². The summed E-state index contributed by atoms with van der Waals surface area (Å²) in [4.78, 5) is 29.4. The van der Waals surface area contributed by atoms with Crippen molar-refractivity contribution >= 4 is 23.2 Å². The Balaban J connectivity index is 1.32. The molecule has 1 fully saturated rings. The first-order valence-electron chi connectivity index (χ1n) is 11.1. The Kier molecular flexibility index (Phi) is 6.55. The number of nitrogens with one attached hydrogen (secondary N) is 1. The molecule has 5 heteroatoms. The molecule has 32 heavy (non-hydrogen) atoms. The highest BCUT2D eigenvalue weighted by molar-refractivity contribution is 6.04. The number of amides is 2. The number of hydrogen-bond donors (Lipinski definition) is 1. The van der Waals surface area contributed by atoms with Crippen molar-refractivity contribution in [3.8, 4) is 0 Å². The van der Waals surface area contributed by atoms with Gasteiger partial charge in [0.1, 0.15) is 0 Å². The predicted octanol–water partition coefficient (Wildman–Crippen LogP) is 4.77. The smallest absolute Gasteiger partial charge is 0.255 e. The molecule has 0 unspecified atom stereocenters. The summed E-state index contributed by atoms with van der Waals surface area (Å²) in [6.45, 7) is 7.05. The van der Waals surface area contributed by atoms with Crippen LogP contribution < -0.4 is 10.2 Å². The van der Waals surface area contributed by atoms with Crippen LogP contribution in [-0.4, -0.2) is 42.9 Å². The second-order valence-corrected chi connectivity index (χ2v) is 8.20. The zero-order valence-electron chi connectivity index (χ0n) is 18.7. The van der Waals surface area contributed by atoms with Gasteiger partial charge in [0.25, 0.3) is 11.8 Å². The van der Waals surface area contributed by atoms with Gasteiger partial charge < -0.3 is 15.1 Å². The summed E-state index contributed by atoms with van der Waals surface area (Å²) in [6, 6.07) is 23.4. The number of aryl methyl sites for hydroxylation is 2. The lowest BCUT2D eigenvalue weighted by Gasteiger charge is -2.36. The summed E-state index contributed by atoms with van der Waals surface area (Å²) in [7, 11) is 0. The van der Waals surface area contributed by atoms with Crippen LogP contribution >= 0.6 is 0 Å². The van der Waals surface area contributed by atoms with Crippen LogP contribution in [0, 0.1) is 6.92 Å². The summed E-state index contributed by atoms with van der Waals surface area (Å²) < 4.78 is 0. The number of piperazine rings is 1. The molecule has 1 heterocycles. The maximum atomic E-state index is 12.8. The van der Waals surface area contributed by atoms with Crippen LogP contribution in [0.5, 0.6) is 0 Å². The second kappa shape index (κ2) is 9.69. The van der Waals surface area contributed by atoms with Gasteiger partial charge in [-0.1, -0.05) is 36.8 Å². The van der Waals surface area contributed by atoms with Crippen LogP contribution in [0.4, 0.5) is 11.4 Å². The van der Waals surface area contributed by atoms with E-state index in [0.717, 1.165) is 42.0 Å². The van der Waals surface area contributed by atoms with Crippen molar-refractivity contribution in [3.63, 3.8) is 0 Å². The van der Waals surface area contributed by atoms with Gasteiger partial charge in [-0.05, 0) is 67.4 Å². The van der Waals surface area contributed by atoms with Crippen LogP contribution in [0.3, 0.4) is 0 Å². The van der Waals surface area contributed by atoms with Crippen molar-refractivity contribution in [2.45, 2.75) is 20.3 Å². The average Bonchev–Trinajstić information content (AvgIpc) is 2.84. The van der Waals surface area contributed by atoms with E-state index in [1.807, 2.05) is 84.6 Å². The Labute approximate surface area is 189 Å². The van der Waals surface area contributed by atoms with Gasteiger partial charge in [-0.15, -0.1) is 0 Å². The third kappa shape index (κ3) is 4.99. The number of anilines is 2. The van der Waals surface area contributed by atoms with Gasteiger partial charge in [0.2, 0.25) is 0 Å². The monoisotopic (exact) mass is 427 g/mol. The highest BCUT2D eigenvalue weighted by Crippen LogP contribution is 2.21. The molecule has 1 N–H and O–H groups in total. The van der Waals surface area contributed by atoms with E-state index in [-0.39, 0.29) is 11.8 Å². The molecular formula is C27H29N3O2. The van der Waals surface area contributed by atoms with Crippen molar-refractivity contribution in [1.82, 2.24) is 4.90 Å². The minimum Gasteiger partial charge on any atom is -0.368 e. The summed E-state index contributed by atoms with van der Waals surface area (Å²) >= 11 is 0. The van der Waals surface area contributed by atoms with Gasteiger partial charge in [-0.2, -0.15) is 0 Å². The molecule has 0 bridgehead atoms. The third-order valence-electron chi connectivity index (χ3n) is 5.95.